The molecule has 1 heterocycles. The number of piperidine rings is 1. The van der Waals surface area contributed by atoms with Crippen LogP contribution in [0.2, 0.25) is 5.02 Å². The number of halogens is 1. The van der Waals surface area contributed by atoms with E-state index in [2.05, 4.69) is 0 Å². The monoisotopic (exact) mass is 312 g/mol. The molecule has 114 valence electrons. The fourth-order valence-electron chi connectivity index (χ4n) is 2.74. The van der Waals surface area contributed by atoms with E-state index in [1.54, 1.807) is 17.9 Å². The molecule has 7 heteroatoms. The van der Waals surface area contributed by atoms with Crippen molar-refractivity contribution in [2.75, 3.05) is 6.54 Å². The van der Waals surface area contributed by atoms with Crippen LogP contribution in [0.1, 0.15) is 31.7 Å². The molecule has 1 N–H and O–H groups in total. The molecule has 0 aromatic heterocycles. The summed E-state index contributed by atoms with van der Waals surface area (Å²) in [6.45, 7) is 2.42. The molecular formula is C14H17ClN2O4. The summed E-state index contributed by atoms with van der Waals surface area (Å²) in [6.07, 6.45) is 2.24. The molecule has 1 aliphatic rings. The molecule has 1 aromatic carbocycles. The predicted octanol–water partition coefficient (Wildman–Crippen LogP) is 3.08. The van der Waals surface area contributed by atoms with Gasteiger partial charge >= 0.3 is 5.97 Å². The molecule has 1 fully saturated rings. The lowest BCUT2D eigenvalue weighted by molar-refractivity contribution is -0.385. The van der Waals surface area contributed by atoms with Gasteiger partial charge in [-0.2, -0.15) is 0 Å². The molecule has 1 aliphatic heterocycles. The maximum atomic E-state index is 11.6. The number of hydrogen-bond acceptors (Lipinski definition) is 4. The second-order valence-corrected chi connectivity index (χ2v) is 5.86. The molecule has 0 saturated carbocycles. The van der Waals surface area contributed by atoms with Crippen molar-refractivity contribution in [2.24, 2.45) is 0 Å². The molecule has 1 unspecified atom stereocenters. The first-order valence-electron chi connectivity index (χ1n) is 6.76. The van der Waals surface area contributed by atoms with Crippen LogP contribution in [0.3, 0.4) is 0 Å². The Hall–Kier alpha value is -1.66. The Balaban J connectivity index is 2.36. The van der Waals surface area contributed by atoms with Crippen molar-refractivity contribution >= 4 is 23.3 Å². The van der Waals surface area contributed by atoms with E-state index in [1.165, 1.54) is 12.1 Å². The van der Waals surface area contributed by atoms with Gasteiger partial charge in [0, 0.05) is 12.6 Å². The third kappa shape index (κ3) is 3.01. The summed E-state index contributed by atoms with van der Waals surface area (Å²) in [5.74, 6) is -0.906. The molecule has 6 nitrogen and oxygen atoms in total. The highest BCUT2D eigenvalue weighted by Crippen LogP contribution is 2.34. The van der Waals surface area contributed by atoms with E-state index >= 15 is 0 Å². The largest absolute Gasteiger partial charge is 0.480 e. The molecule has 1 saturated heterocycles. The van der Waals surface area contributed by atoms with E-state index in [1.807, 2.05) is 0 Å². The number of nitro benzene ring substituents is 1. The Bertz CT molecular complexity index is 578. The third-order valence-electron chi connectivity index (χ3n) is 4.14. The van der Waals surface area contributed by atoms with Gasteiger partial charge in [-0.3, -0.25) is 19.8 Å². The van der Waals surface area contributed by atoms with Crippen LogP contribution >= 0.6 is 11.6 Å². The number of carboxylic acids is 1. The molecule has 0 aliphatic carbocycles. The van der Waals surface area contributed by atoms with Crippen molar-refractivity contribution in [3.63, 3.8) is 0 Å². The summed E-state index contributed by atoms with van der Waals surface area (Å²) in [4.78, 5) is 24.0. The van der Waals surface area contributed by atoms with E-state index in [0.717, 1.165) is 12.8 Å². The zero-order valence-corrected chi connectivity index (χ0v) is 12.5. The van der Waals surface area contributed by atoms with Gasteiger partial charge in [0.15, 0.2) is 0 Å². The fraction of sp³-hybridized carbons (Fsp3) is 0.500. The van der Waals surface area contributed by atoms with Crippen LogP contribution in [0.15, 0.2) is 18.2 Å². The predicted molar refractivity (Wildman–Crippen MR) is 78.4 cm³/mol. The first-order chi connectivity index (χ1) is 9.86. The number of nitro groups is 1. The number of benzene rings is 1. The number of aliphatic carboxylic acids is 1. The summed E-state index contributed by atoms with van der Waals surface area (Å²) in [6, 6.07) is 4.51. The Morgan fingerprint density at radius 2 is 2.24 bits per heavy atom. The van der Waals surface area contributed by atoms with Crippen LogP contribution in [0.5, 0.6) is 0 Å². The van der Waals surface area contributed by atoms with Crippen LogP contribution in [-0.4, -0.2) is 33.0 Å². The zero-order valence-electron chi connectivity index (χ0n) is 11.7. The molecule has 0 spiro atoms. The van der Waals surface area contributed by atoms with E-state index in [0.29, 0.717) is 23.6 Å². The Morgan fingerprint density at radius 3 is 2.86 bits per heavy atom. The molecular weight excluding hydrogens is 296 g/mol. The van der Waals surface area contributed by atoms with Crippen LogP contribution in [0, 0.1) is 10.1 Å². The highest BCUT2D eigenvalue weighted by molar-refractivity contribution is 6.31. The van der Waals surface area contributed by atoms with E-state index < -0.39 is 16.4 Å². The SMILES string of the molecule is CC1(C(=O)O)CCCCN1Cc1c(Cl)cccc1[N+](=O)[O-]. The topological polar surface area (TPSA) is 83.7 Å². The van der Waals surface area contributed by atoms with Gasteiger partial charge in [-0.15, -0.1) is 0 Å². The van der Waals surface area contributed by atoms with Gasteiger partial charge in [-0.05, 0) is 38.8 Å². The van der Waals surface area contributed by atoms with E-state index in [-0.39, 0.29) is 12.2 Å². The van der Waals surface area contributed by atoms with Crippen LogP contribution in [-0.2, 0) is 11.3 Å². The molecule has 0 radical (unpaired) electrons. The molecule has 1 aromatic rings. The minimum atomic E-state index is -1.01. The summed E-state index contributed by atoms with van der Waals surface area (Å²) in [5, 5.41) is 20.9. The van der Waals surface area contributed by atoms with Crippen molar-refractivity contribution in [1.29, 1.82) is 0 Å². The van der Waals surface area contributed by atoms with Gasteiger partial charge in [0.2, 0.25) is 0 Å². The highest BCUT2D eigenvalue weighted by atomic mass is 35.5. The van der Waals surface area contributed by atoms with Gasteiger partial charge in [0.25, 0.3) is 5.69 Å². The molecule has 21 heavy (non-hydrogen) atoms. The third-order valence-corrected chi connectivity index (χ3v) is 4.49. The van der Waals surface area contributed by atoms with Gasteiger partial charge in [-0.25, -0.2) is 0 Å². The zero-order chi connectivity index (χ0) is 15.6. The Morgan fingerprint density at radius 1 is 1.52 bits per heavy atom. The van der Waals surface area contributed by atoms with Crippen molar-refractivity contribution in [2.45, 2.75) is 38.3 Å². The first-order valence-corrected chi connectivity index (χ1v) is 7.14. The lowest BCUT2D eigenvalue weighted by Crippen LogP contribution is -2.54. The minimum absolute atomic E-state index is 0.0687. The molecule has 2 rings (SSSR count). The van der Waals surface area contributed by atoms with Crippen molar-refractivity contribution in [3.05, 3.63) is 38.9 Å². The smallest absolute Gasteiger partial charge is 0.323 e. The average Bonchev–Trinajstić information content (AvgIpc) is 2.42. The number of nitrogens with zero attached hydrogens (tertiary/aromatic N) is 2. The van der Waals surface area contributed by atoms with E-state index in [4.69, 9.17) is 11.6 Å². The first kappa shape index (κ1) is 15.7. The second-order valence-electron chi connectivity index (χ2n) is 5.45. The Kier molecular flexibility index (Phi) is 4.49. The maximum Gasteiger partial charge on any atom is 0.323 e. The number of likely N-dealkylation sites (tertiary alicyclic amines) is 1. The average molecular weight is 313 g/mol. The lowest BCUT2D eigenvalue weighted by atomic mass is 9.88. The normalized spacial score (nSPS) is 23.0. The summed E-state index contributed by atoms with van der Waals surface area (Å²) in [7, 11) is 0. The van der Waals surface area contributed by atoms with Crippen LogP contribution in [0.25, 0.3) is 0 Å². The quantitative estimate of drug-likeness (QED) is 0.682. The van der Waals surface area contributed by atoms with Gasteiger partial charge in [-0.1, -0.05) is 17.7 Å². The van der Waals surface area contributed by atoms with Crippen molar-refractivity contribution in [3.8, 4) is 0 Å². The summed E-state index contributed by atoms with van der Waals surface area (Å²) in [5.41, 5.74) is -0.704. The molecule has 0 amide bonds. The highest BCUT2D eigenvalue weighted by Gasteiger charge is 2.42. The van der Waals surface area contributed by atoms with E-state index in [9.17, 15) is 20.0 Å². The molecule has 1 atom stereocenters. The summed E-state index contributed by atoms with van der Waals surface area (Å²) < 4.78 is 0. The lowest BCUT2D eigenvalue weighted by Gasteiger charge is -2.41. The van der Waals surface area contributed by atoms with Crippen LogP contribution in [0.4, 0.5) is 5.69 Å². The second kappa shape index (κ2) is 5.99. The van der Waals surface area contributed by atoms with Gasteiger partial charge in [0.1, 0.15) is 5.54 Å². The van der Waals surface area contributed by atoms with Gasteiger partial charge < -0.3 is 5.11 Å². The van der Waals surface area contributed by atoms with Gasteiger partial charge in [0.05, 0.1) is 15.5 Å². The maximum absolute atomic E-state index is 11.6. The minimum Gasteiger partial charge on any atom is -0.480 e. The van der Waals surface area contributed by atoms with Crippen molar-refractivity contribution in [1.82, 2.24) is 4.90 Å². The standard InChI is InChI=1S/C14H17ClN2O4/c1-14(13(18)19)7-2-3-8-16(14)9-10-11(15)5-4-6-12(10)17(20)21/h4-6H,2-3,7-9H2,1H3,(H,18,19). The number of carboxylic acid groups (broad SMARTS) is 1. The van der Waals surface area contributed by atoms with Crippen LogP contribution < -0.4 is 0 Å². The fourth-order valence-corrected chi connectivity index (χ4v) is 2.97. The Labute approximate surface area is 127 Å². The van der Waals surface area contributed by atoms with Crippen molar-refractivity contribution < 1.29 is 14.8 Å². The number of rotatable bonds is 4. The number of carbonyl (C=O) groups is 1. The number of hydrogen-bond donors (Lipinski definition) is 1. The molecule has 0 bridgehead atoms. The summed E-state index contributed by atoms with van der Waals surface area (Å²) >= 11 is 6.09.